The molecule has 0 spiro atoms. The molecule has 1 aromatic heterocycles. The van der Waals surface area contributed by atoms with E-state index in [1.807, 2.05) is 49.5 Å². The molecule has 222 valence electrons. The molecule has 10 heteroatoms. The van der Waals surface area contributed by atoms with E-state index in [-0.39, 0.29) is 23.3 Å². The lowest BCUT2D eigenvalue weighted by molar-refractivity contribution is -0.0641. The fourth-order valence-electron chi connectivity index (χ4n) is 6.08. The van der Waals surface area contributed by atoms with E-state index in [1.165, 1.54) is 4.31 Å². The number of ether oxygens (including phenoxy) is 1. The number of nitrogens with zero attached hydrogens (tertiary/aromatic N) is 2. The van der Waals surface area contributed by atoms with Crippen molar-refractivity contribution in [3.05, 3.63) is 65.4 Å². The Morgan fingerprint density at radius 3 is 2.68 bits per heavy atom. The standard InChI is InChI=1S/C31H42N4O5S/c1-5-35-20-22-12-14-41(38,39)34(4)26-16-23(17-27(35)29(22)26)30(37)33-25(15-21-9-7-6-8-10-21)28(36)19-32-24-11-13-40-31(2,3)18-24/h6-10,16-17,20,24-25,28,32,36H,5,11-15,18-19H2,1-4H3,(H,33,37)/t24?,25-,28+/m0/s1. The summed E-state index contributed by atoms with van der Waals surface area (Å²) in [6.45, 7) is 7.86. The van der Waals surface area contributed by atoms with Crippen LogP contribution in [0.25, 0.3) is 10.9 Å². The van der Waals surface area contributed by atoms with E-state index in [9.17, 15) is 18.3 Å². The van der Waals surface area contributed by atoms with Crippen LogP contribution in [-0.4, -0.2) is 73.7 Å². The molecular formula is C31H42N4O5S. The van der Waals surface area contributed by atoms with E-state index >= 15 is 0 Å². The van der Waals surface area contributed by atoms with Gasteiger partial charge in [0.1, 0.15) is 0 Å². The molecule has 1 saturated heterocycles. The number of sulfonamides is 1. The van der Waals surface area contributed by atoms with Crippen molar-refractivity contribution >= 4 is 32.5 Å². The van der Waals surface area contributed by atoms with E-state index in [2.05, 4.69) is 29.0 Å². The van der Waals surface area contributed by atoms with Crippen molar-refractivity contribution in [3.8, 4) is 0 Å². The van der Waals surface area contributed by atoms with Gasteiger partial charge in [-0.1, -0.05) is 30.3 Å². The third kappa shape index (κ3) is 6.45. The molecule has 0 saturated carbocycles. The maximum absolute atomic E-state index is 13.8. The van der Waals surface area contributed by atoms with Crippen LogP contribution in [0.5, 0.6) is 0 Å². The van der Waals surface area contributed by atoms with Crippen LogP contribution in [0, 0.1) is 0 Å². The molecule has 3 heterocycles. The van der Waals surface area contributed by atoms with Gasteiger partial charge in [-0.25, -0.2) is 8.42 Å². The second kappa shape index (κ2) is 11.8. The number of anilines is 1. The quantitative estimate of drug-likeness (QED) is 0.357. The average molecular weight is 583 g/mol. The highest BCUT2D eigenvalue weighted by atomic mass is 32.2. The van der Waals surface area contributed by atoms with E-state index in [0.717, 1.165) is 34.9 Å². The van der Waals surface area contributed by atoms with Gasteiger partial charge in [-0.05, 0) is 69.7 Å². The predicted molar refractivity (Wildman–Crippen MR) is 162 cm³/mol. The Morgan fingerprint density at radius 1 is 1.22 bits per heavy atom. The maximum Gasteiger partial charge on any atom is 0.251 e. The zero-order valence-corrected chi connectivity index (χ0v) is 25.2. The first-order chi connectivity index (χ1) is 19.5. The van der Waals surface area contributed by atoms with Gasteiger partial charge in [0.2, 0.25) is 10.0 Å². The summed E-state index contributed by atoms with van der Waals surface area (Å²) in [6, 6.07) is 12.9. The number of aliphatic hydroxyl groups excluding tert-OH is 1. The van der Waals surface area contributed by atoms with E-state index in [0.29, 0.717) is 43.8 Å². The van der Waals surface area contributed by atoms with Crippen molar-refractivity contribution < 1.29 is 23.1 Å². The third-order valence-corrected chi connectivity index (χ3v) is 10.2. The molecule has 3 N–H and O–H groups in total. The smallest absolute Gasteiger partial charge is 0.251 e. The number of nitrogens with one attached hydrogen (secondary N) is 2. The van der Waals surface area contributed by atoms with Crippen LogP contribution in [-0.2, 0) is 34.1 Å². The minimum absolute atomic E-state index is 0.0190. The number of amides is 1. The highest BCUT2D eigenvalue weighted by molar-refractivity contribution is 7.92. The summed E-state index contributed by atoms with van der Waals surface area (Å²) < 4.78 is 35.0. The van der Waals surface area contributed by atoms with E-state index in [1.54, 1.807) is 13.1 Å². The van der Waals surface area contributed by atoms with Gasteiger partial charge < -0.3 is 25.0 Å². The molecule has 9 nitrogen and oxygen atoms in total. The number of aliphatic hydroxyl groups is 1. The molecule has 5 rings (SSSR count). The zero-order chi connectivity index (χ0) is 29.4. The Bertz CT molecular complexity index is 1500. The molecule has 3 atom stereocenters. The Kier molecular flexibility index (Phi) is 8.48. The first kappa shape index (κ1) is 29.6. The molecule has 3 aromatic rings. The molecule has 0 aliphatic carbocycles. The molecule has 0 bridgehead atoms. The van der Waals surface area contributed by atoms with Crippen LogP contribution in [0.2, 0.25) is 0 Å². The SMILES string of the molecule is CCn1cc2c3c(cc(C(=O)N[C@@H](Cc4ccccc4)[C@H](O)CNC4CCOC(C)(C)C4)cc31)N(C)S(=O)(=O)CC2. The Morgan fingerprint density at radius 2 is 1.98 bits per heavy atom. The average Bonchev–Trinajstić information content (AvgIpc) is 3.27. The number of hydrogen-bond donors (Lipinski definition) is 3. The van der Waals surface area contributed by atoms with E-state index in [4.69, 9.17) is 4.74 Å². The summed E-state index contributed by atoms with van der Waals surface area (Å²) in [5.74, 6) is -0.332. The largest absolute Gasteiger partial charge is 0.390 e. The summed E-state index contributed by atoms with van der Waals surface area (Å²) >= 11 is 0. The number of aryl methyl sites for hydroxylation is 2. The molecule has 41 heavy (non-hydrogen) atoms. The normalized spacial score (nSPS) is 21.3. The summed E-state index contributed by atoms with van der Waals surface area (Å²) in [5, 5.41) is 18.8. The molecule has 1 fully saturated rings. The topological polar surface area (TPSA) is 113 Å². The van der Waals surface area contributed by atoms with Gasteiger partial charge in [-0.2, -0.15) is 0 Å². The van der Waals surface area contributed by atoms with E-state index < -0.39 is 22.2 Å². The third-order valence-electron chi connectivity index (χ3n) is 8.42. The summed E-state index contributed by atoms with van der Waals surface area (Å²) in [7, 11) is -1.96. The maximum atomic E-state index is 13.8. The predicted octanol–water partition coefficient (Wildman–Crippen LogP) is 3.23. The highest BCUT2D eigenvalue weighted by Crippen LogP contribution is 2.37. The highest BCUT2D eigenvalue weighted by Gasteiger charge is 2.31. The van der Waals surface area contributed by atoms with Crippen LogP contribution in [0.4, 0.5) is 5.69 Å². The zero-order valence-electron chi connectivity index (χ0n) is 24.4. The number of rotatable bonds is 9. The van der Waals surface area contributed by atoms with Crippen molar-refractivity contribution in [2.75, 3.05) is 30.3 Å². The minimum Gasteiger partial charge on any atom is -0.390 e. The van der Waals surface area contributed by atoms with Crippen LogP contribution in [0.15, 0.2) is 48.7 Å². The molecule has 1 unspecified atom stereocenters. The summed E-state index contributed by atoms with van der Waals surface area (Å²) in [4.78, 5) is 13.8. The molecule has 2 aliphatic heterocycles. The van der Waals surface area contributed by atoms with Crippen molar-refractivity contribution in [1.82, 2.24) is 15.2 Å². The second-order valence-electron chi connectivity index (χ2n) is 11.9. The summed E-state index contributed by atoms with van der Waals surface area (Å²) in [6.07, 6.45) is 3.74. The van der Waals surface area contributed by atoms with Crippen molar-refractivity contribution in [2.24, 2.45) is 0 Å². The number of aromatic nitrogens is 1. The minimum atomic E-state index is -3.51. The number of benzene rings is 2. The summed E-state index contributed by atoms with van der Waals surface area (Å²) in [5.41, 5.74) is 3.46. The van der Waals surface area contributed by atoms with Crippen molar-refractivity contribution in [3.63, 3.8) is 0 Å². The van der Waals surface area contributed by atoms with Gasteiger partial charge in [-0.15, -0.1) is 0 Å². The van der Waals surface area contributed by atoms with Gasteiger partial charge in [0.25, 0.3) is 5.91 Å². The van der Waals surface area contributed by atoms with Crippen LogP contribution in [0.3, 0.4) is 0 Å². The lowest BCUT2D eigenvalue weighted by Gasteiger charge is -2.36. The Balaban J connectivity index is 1.42. The monoisotopic (exact) mass is 582 g/mol. The number of carbonyl (C=O) groups excluding carboxylic acids is 1. The van der Waals surface area contributed by atoms with Crippen LogP contribution in [0.1, 0.15) is 55.1 Å². The lowest BCUT2D eigenvalue weighted by atomic mass is 9.93. The van der Waals surface area contributed by atoms with Gasteiger partial charge in [-0.3, -0.25) is 9.10 Å². The van der Waals surface area contributed by atoms with Crippen LogP contribution >= 0.6 is 0 Å². The van der Waals surface area contributed by atoms with Crippen molar-refractivity contribution in [1.29, 1.82) is 0 Å². The number of carbonyl (C=O) groups is 1. The van der Waals surface area contributed by atoms with Gasteiger partial charge in [0.15, 0.2) is 0 Å². The second-order valence-corrected chi connectivity index (χ2v) is 14.0. The molecular weight excluding hydrogens is 540 g/mol. The van der Waals surface area contributed by atoms with Gasteiger partial charge in [0, 0.05) is 49.9 Å². The Labute approximate surface area is 242 Å². The fourth-order valence-corrected chi connectivity index (χ4v) is 7.28. The van der Waals surface area contributed by atoms with Gasteiger partial charge >= 0.3 is 0 Å². The first-order valence-electron chi connectivity index (χ1n) is 14.5. The number of hydrogen-bond acceptors (Lipinski definition) is 6. The van der Waals surface area contributed by atoms with Crippen LogP contribution < -0.4 is 14.9 Å². The van der Waals surface area contributed by atoms with Crippen molar-refractivity contribution in [2.45, 2.75) is 76.8 Å². The molecule has 1 amide bonds. The molecule has 2 aromatic carbocycles. The Hall–Kier alpha value is -2.92. The van der Waals surface area contributed by atoms with Gasteiger partial charge in [0.05, 0.1) is 34.7 Å². The molecule has 0 radical (unpaired) electrons. The fraction of sp³-hybridized carbons (Fsp3) is 0.516. The lowest BCUT2D eigenvalue weighted by Crippen LogP contribution is -2.52. The first-order valence-corrected chi connectivity index (χ1v) is 16.1. The molecule has 2 aliphatic rings.